The molecule has 0 radical (unpaired) electrons. The molecule has 1 aromatic carbocycles. The topological polar surface area (TPSA) is 68.9 Å². The summed E-state index contributed by atoms with van der Waals surface area (Å²) in [6.45, 7) is 3.95. The maximum absolute atomic E-state index is 12.3. The van der Waals surface area contributed by atoms with Gasteiger partial charge in [0, 0.05) is 23.5 Å². The van der Waals surface area contributed by atoms with Crippen LogP contribution in [0.3, 0.4) is 0 Å². The first-order chi connectivity index (χ1) is 11.1. The molecule has 0 unspecified atom stereocenters. The Kier molecular flexibility index (Phi) is 4.52. The first-order valence-electron chi connectivity index (χ1n) is 7.10. The molecule has 0 atom stereocenters. The quantitative estimate of drug-likeness (QED) is 0.526. The van der Waals surface area contributed by atoms with Crippen molar-refractivity contribution in [3.63, 3.8) is 0 Å². The molecule has 3 aromatic rings. The molecule has 2 heterocycles. The molecule has 0 bridgehead atoms. The maximum Gasteiger partial charge on any atom is 0.277 e. The molecule has 0 amide bonds. The Balaban J connectivity index is 1.67. The number of rotatable bonds is 5. The van der Waals surface area contributed by atoms with Crippen molar-refractivity contribution >= 4 is 17.5 Å². The highest BCUT2D eigenvalue weighted by Gasteiger charge is 2.13. The summed E-state index contributed by atoms with van der Waals surface area (Å²) in [5.74, 6) is 0.743. The minimum atomic E-state index is 0.0520. The predicted molar refractivity (Wildman–Crippen MR) is 88.5 cm³/mol. The predicted octanol–water partition coefficient (Wildman–Crippen LogP) is 3.72. The second-order valence-electron chi connectivity index (χ2n) is 5.14. The van der Waals surface area contributed by atoms with Crippen LogP contribution in [0, 0.1) is 13.8 Å². The van der Waals surface area contributed by atoms with E-state index in [-0.39, 0.29) is 11.5 Å². The monoisotopic (exact) mass is 325 g/mol. The number of hydrogen-bond acceptors (Lipinski definition) is 6. The summed E-state index contributed by atoms with van der Waals surface area (Å²) in [6, 6.07) is 9.40. The van der Waals surface area contributed by atoms with Gasteiger partial charge >= 0.3 is 0 Å². The van der Waals surface area contributed by atoms with Crippen molar-refractivity contribution in [2.75, 3.05) is 5.75 Å². The number of thioether (sulfide) groups is 1. The maximum atomic E-state index is 12.3. The van der Waals surface area contributed by atoms with Gasteiger partial charge < -0.3 is 4.42 Å². The van der Waals surface area contributed by atoms with E-state index in [1.165, 1.54) is 11.8 Å². The fraction of sp³-hybridized carbons (Fsp3) is 0.176. The standard InChI is InChI=1S/C17H15N3O2S/c1-11-3-4-14(12(2)9-11)15(21)10-23-17-20-19-16(22-17)13-5-7-18-8-6-13/h3-9H,10H2,1-2H3. The van der Waals surface area contributed by atoms with Crippen LogP contribution < -0.4 is 0 Å². The molecule has 0 fully saturated rings. The molecule has 0 N–H and O–H groups in total. The van der Waals surface area contributed by atoms with Crippen LogP contribution in [0.25, 0.3) is 11.5 Å². The number of aromatic nitrogens is 3. The molecule has 0 saturated heterocycles. The Morgan fingerprint density at radius 2 is 1.91 bits per heavy atom. The molecule has 5 nitrogen and oxygen atoms in total. The lowest BCUT2D eigenvalue weighted by Gasteiger charge is -2.04. The molecular weight excluding hydrogens is 310 g/mol. The van der Waals surface area contributed by atoms with Crippen LogP contribution in [0.1, 0.15) is 21.5 Å². The average molecular weight is 325 g/mol. The van der Waals surface area contributed by atoms with Crippen molar-refractivity contribution in [2.24, 2.45) is 0 Å². The van der Waals surface area contributed by atoms with E-state index in [2.05, 4.69) is 15.2 Å². The number of nitrogens with zero attached hydrogens (tertiary/aromatic N) is 3. The molecule has 23 heavy (non-hydrogen) atoms. The smallest absolute Gasteiger partial charge is 0.277 e. The summed E-state index contributed by atoms with van der Waals surface area (Å²) < 4.78 is 5.57. The van der Waals surface area contributed by atoms with Crippen LogP contribution in [0.5, 0.6) is 0 Å². The zero-order chi connectivity index (χ0) is 16.2. The van der Waals surface area contributed by atoms with Crippen LogP contribution >= 0.6 is 11.8 Å². The summed E-state index contributed by atoms with van der Waals surface area (Å²) >= 11 is 1.25. The van der Waals surface area contributed by atoms with Gasteiger partial charge in [0.05, 0.1) is 5.75 Å². The lowest BCUT2D eigenvalue weighted by Crippen LogP contribution is -2.04. The van der Waals surface area contributed by atoms with Crippen LogP contribution in [-0.2, 0) is 0 Å². The molecule has 116 valence electrons. The number of pyridine rings is 1. The summed E-state index contributed by atoms with van der Waals surface area (Å²) in [5.41, 5.74) is 3.67. The van der Waals surface area contributed by atoms with E-state index < -0.39 is 0 Å². The van der Waals surface area contributed by atoms with Crippen LogP contribution in [0.15, 0.2) is 52.4 Å². The number of benzene rings is 1. The van der Waals surface area contributed by atoms with Gasteiger partial charge in [-0.2, -0.15) is 0 Å². The summed E-state index contributed by atoms with van der Waals surface area (Å²) in [5, 5.41) is 8.34. The molecular formula is C17H15N3O2S. The average Bonchev–Trinajstić information content (AvgIpc) is 3.02. The van der Waals surface area contributed by atoms with E-state index in [4.69, 9.17) is 4.42 Å². The molecule has 2 aromatic heterocycles. The second kappa shape index (κ2) is 6.75. The highest BCUT2D eigenvalue weighted by Crippen LogP contribution is 2.23. The number of ketones is 1. The van der Waals surface area contributed by atoms with Crippen molar-refractivity contribution in [2.45, 2.75) is 19.1 Å². The van der Waals surface area contributed by atoms with E-state index in [9.17, 15) is 4.79 Å². The summed E-state index contributed by atoms with van der Waals surface area (Å²) in [4.78, 5) is 16.3. The SMILES string of the molecule is Cc1ccc(C(=O)CSc2nnc(-c3ccncc3)o2)c(C)c1. The Bertz CT molecular complexity index is 831. The summed E-state index contributed by atoms with van der Waals surface area (Å²) in [6.07, 6.45) is 3.33. The molecule has 0 aliphatic heterocycles. The fourth-order valence-electron chi connectivity index (χ4n) is 2.21. The minimum absolute atomic E-state index is 0.0520. The van der Waals surface area contributed by atoms with E-state index >= 15 is 0 Å². The lowest BCUT2D eigenvalue weighted by molar-refractivity contribution is 0.102. The number of aryl methyl sites for hydroxylation is 2. The second-order valence-corrected chi connectivity index (χ2v) is 6.07. The molecule has 3 rings (SSSR count). The highest BCUT2D eigenvalue weighted by molar-refractivity contribution is 7.99. The van der Waals surface area contributed by atoms with E-state index in [0.717, 1.165) is 22.3 Å². The summed E-state index contributed by atoms with van der Waals surface area (Å²) in [7, 11) is 0. The van der Waals surface area contributed by atoms with Gasteiger partial charge in [-0.3, -0.25) is 9.78 Å². The van der Waals surface area contributed by atoms with Crippen LogP contribution in [0.4, 0.5) is 0 Å². The van der Waals surface area contributed by atoms with Crippen LogP contribution in [0.2, 0.25) is 0 Å². The Labute approximate surface area is 138 Å². The van der Waals surface area contributed by atoms with Crippen molar-refractivity contribution in [1.29, 1.82) is 0 Å². The zero-order valence-corrected chi connectivity index (χ0v) is 13.6. The first kappa shape index (κ1) is 15.4. The van der Waals surface area contributed by atoms with Crippen molar-refractivity contribution in [3.05, 3.63) is 59.4 Å². The van der Waals surface area contributed by atoms with Gasteiger partial charge in [0.15, 0.2) is 5.78 Å². The third-order valence-electron chi connectivity index (χ3n) is 3.34. The van der Waals surface area contributed by atoms with Crippen molar-refractivity contribution in [3.8, 4) is 11.5 Å². The Morgan fingerprint density at radius 3 is 2.65 bits per heavy atom. The largest absolute Gasteiger partial charge is 0.411 e. The molecule has 0 spiro atoms. The normalized spacial score (nSPS) is 10.7. The van der Waals surface area contributed by atoms with E-state index in [0.29, 0.717) is 11.1 Å². The number of hydrogen-bond donors (Lipinski definition) is 0. The fourth-order valence-corrected chi connectivity index (χ4v) is 2.86. The molecule has 0 saturated carbocycles. The lowest BCUT2D eigenvalue weighted by atomic mass is 10.0. The zero-order valence-electron chi connectivity index (χ0n) is 12.8. The molecule has 0 aliphatic rings. The van der Waals surface area contributed by atoms with Crippen molar-refractivity contribution < 1.29 is 9.21 Å². The molecule has 6 heteroatoms. The minimum Gasteiger partial charge on any atom is -0.411 e. The highest BCUT2D eigenvalue weighted by atomic mass is 32.2. The first-order valence-corrected chi connectivity index (χ1v) is 8.09. The number of carbonyl (C=O) groups excluding carboxylic acids is 1. The van der Waals surface area contributed by atoms with Gasteiger partial charge in [-0.25, -0.2) is 0 Å². The van der Waals surface area contributed by atoms with Gasteiger partial charge in [-0.15, -0.1) is 10.2 Å². The van der Waals surface area contributed by atoms with Crippen molar-refractivity contribution in [1.82, 2.24) is 15.2 Å². The van der Waals surface area contributed by atoms with E-state index in [1.807, 2.05) is 32.0 Å². The third kappa shape index (κ3) is 3.65. The van der Waals surface area contributed by atoms with Gasteiger partial charge in [-0.05, 0) is 31.5 Å². The molecule has 0 aliphatic carbocycles. The van der Waals surface area contributed by atoms with Gasteiger partial charge in [0.25, 0.3) is 5.22 Å². The third-order valence-corrected chi connectivity index (χ3v) is 4.16. The van der Waals surface area contributed by atoms with E-state index in [1.54, 1.807) is 24.5 Å². The van der Waals surface area contributed by atoms with Gasteiger partial charge in [-0.1, -0.05) is 35.5 Å². The number of Topliss-reactive ketones (excluding diaryl/α,β-unsaturated/α-hetero) is 1. The Morgan fingerprint density at radius 1 is 1.13 bits per heavy atom. The van der Waals surface area contributed by atoms with Gasteiger partial charge in [0.1, 0.15) is 0 Å². The Hall–Kier alpha value is -2.47. The van der Waals surface area contributed by atoms with Gasteiger partial charge in [0.2, 0.25) is 5.89 Å². The van der Waals surface area contributed by atoms with Crippen LogP contribution in [-0.4, -0.2) is 26.7 Å². The number of carbonyl (C=O) groups is 1.